The van der Waals surface area contributed by atoms with Gasteiger partial charge in [0.25, 0.3) is 0 Å². The van der Waals surface area contributed by atoms with Gasteiger partial charge in [-0.25, -0.2) is 0 Å². The second kappa shape index (κ2) is 4.88. The first-order valence-electron chi connectivity index (χ1n) is 5.73. The molecule has 17 heavy (non-hydrogen) atoms. The predicted octanol–water partition coefficient (Wildman–Crippen LogP) is 2.71. The molecule has 1 atom stereocenters. The summed E-state index contributed by atoms with van der Waals surface area (Å²) in [6.45, 7) is 5.55. The molecule has 0 saturated carbocycles. The summed E-state index contributed by atoms with van der Waals surface area (Å²) >= 11 is 0. The first kappa shape index (κ1) is 13.7. The van der Waals surface area contributed by atoms with E-state index in [9.17, 15) is 9.90 Å². The van der Waals surface area contributed by atoms with E-state index in [0.29, 0.717) is 0 Å². The van der Waals surface area contributed by atoms with E-state index in [1.54, 1.807) is 13.8 Å². The van der Waals surface area contributed by atoms with Crippen LogP contribution in [0.5, 0.6) is 0 Å². The maximum Gasteiger partial charge on any atom is 0.311 e. The fraction of sp³-hybridized carbons (Fsp3) is 0.500. The average molecular weight is 235 g/mol. The van der Waals surface area contributed by atoms with Gasteiger partial charge in [0.1, 0.15) is 0 Å². The maximum absolute atomic E-state index is 11.4. The Balaban J connectivity index is 3.18. The van der Waals surface area contributed by atoms with E-state index in [1.807, 2.05) is 50.2 Å². The van der Waals surface area contributed by atoms with Crippen LogP contribution in [0.25, 0.3) is 0 Å². The Bertz CT molecular complexity index is 393. The molecule has 0 heterocycles. The standard InChI is InChI=1S/C14H21NO2/c1-10-6-8-11(9-7-10)12(15(4)5)14(2,3)13(16)17/h6-9,12H,1-5H3,(H,16,17). The molecule has 0 spiro atoms. The van der Waals surface area contributed by atoms with Crippen LogP contribution in [0, 0.1) is 12.3 Å². The number of carbonyl (C=O) groups is 1. The van der Waals surface area contributed by atoms with Crippen LogP contribution in [-0.2, 0) is 4.79 Å². The molecule has 1 N–H and O–H groups in total. The van der Waals surface area contributed by atoms with E-state index >= 15 is 0 Å². The second-order valence-corrected chi connectivity index (χ2v) is 5.30. The quantitative estimate of drug-likeness (QED) is 0.872. The van der Waals surface area contributed by atoms with Crippen LogP contribution in [0.2, 0.25) is 0 Å². The summed E-state index contributed by atoms with van der Waals surface area (Å²) < 4.78 is 0. The van der Waals surface area contributed by atoms with Crippen LogP contribution >= 0.6 is 0 Å². The normalized spacial score (nSPS) is 13.8. The lowest BCUT2D eigenvalue weighted by molar-refractivity contribution is -0.150. The zero-order valence-electron chi connectivity index (χ0n) is 11.2. The summed E-state index contributed by atoms with van der Waals surface area (Å²) in [5, 5.41) is 9.35. The molecule has 0 saturated heterocycles. The van der Waals surface area contributed by atoms with Crippen molar-refractivity contribution < 1.29 is 9.90 Å². The summed E-state index contributed by atoms with van der Waals surface area (Å²) in [7, 11) is 3.82. The van der Waals surface area contributed by atoms with Gasteiger partial charge in [-0.3, -0.25) is 4.79 Å². The summed E-state index contributed by atoms with van der Waals surface area (Å²) in [5.74, 6) is -0.781. The number of nitrogens with zero attached hydrogens (tertiary/aromatic N) is 1. The van der Waals surface area contributed by atoms with Crippen molar-refractivity contribution in [3.8, 4) is 0 Å². The zero-order valence-corrected chi connectivity index (χ0v) is 11.2. The molecule has 1 aromatic rings. The van der Waals surface area contributed by atoms with Crippen molar-refractivity contribution in [3.63, 3.8) is 0 Å². The van der Waals surface area contributed by atoms with Crippen molar-refractivity contribution in [1.29, 1.82) is 0 Å². The number of carboxylic acids is 1. The number of aryl methyl sites for hydroxylation is 1. The number of hydrogen-bond acceptors (Lipinski definition) is 2. The molecule has 1 unspecified atom stereocenters. The molecule has 1 aromatic carbocycles. The Morgan fingerprint density at radius 3 is 2.06 bits per heavy atom. The molecule has 3 nitrogen and oxygen atoms in total. The Kier molecular flexibility index (Phi) is 3.94. The second-order valence-electron chi connectivity index (χ2n) is 5.30. The molecule has 0 radical (unpaired) electrons. The third kappa shape index (κ3) is 2.86. The van der Waals surface area contributed by atoms with Crippen LogP contribution < -0.4 is 0 Å². The van der Waals surface area contributed by atoms with Gasteiger partial charge in [-0.15, -0.1) is 0 Å². The summed E-state index contributed by atoms with van der Waals surface area (Å²) in [6.07, 6.45) is 0. The van der Waals surface area contributed by atoms with Gasteiger partial charge in [0.05, 0.1) is 5.41 Å². The Labute approximate surface area is 103 Å². The molecule has 0 fully saturated rings. The highest BCUT2D eigenvalue weighted by atomic mass is 16.4. The van der Waals surface area contributed by atoms with Gasteiger partial charge < -0.3 is 10.0 Å². The van der Waals surface area contributed by atoms with Gasteiger partial charge in [-0.05, 0) is 40.4 Å². The summed E-state index contributed by atoms with van der Waals surface area (Å²) in [5.41, 5.74) is 1.39. The molecule has 0 bridgehead atoms. The fourth-order valence-electron chi connectivity index (χ4n) is 2.23. The van der Waals surface area contributed by atoms with Crippen LogP contribution in [0.4, 0.5) is 0 Å². The third-order valence-electron chi connectivity index (χ3n) is 3.14. The molecule has 1 rings (SSSR count). The highest BCUT2D eigenvalue weighted by Crippen LogP contribution is 2.37. The Morgan fingerprint density at radius 2 is 1.71 bits per heavy atom. The minimum atomic E-state index is -0.821. The lowest BCUT2D eigenvalue weighted by Gasteiger charge is -2.36. The lowest BCUT2D eigenvalue weighted by Crippen LogP contribution is -2.39. The molecule has 94 valence electrons. The Morgan fingerprint density at radius 1 is 1.24 bits per heavy atom. The average Bonchev–Trinajstić information content (AvgIpc) is 2.20. The predicted molar refractivity (Wildman–Crippen MR) is 69.0 cm³/mol. The van der Waals surface area contributed by atoms with Gasteiger partial charge in [0, 0.05) is 6.04 Å². The summed E-state index contributed by atoms with van der Waals surface area (Å²) in [4.78, 5) is 13.3. The van der Waals surface area contributed by atoms with Crippen molar-refractivity contribution in [1.82, 2.24) is 4.90 Å². The molecule has 0 aromatic heterocycles. The molecule has 0 aliphatic heterocycles. The number of benzene rings is 1. The van der Waals surface area contributed by atoms with Gasteiger partial charge in [0.15, 0.2) is 0 Å². The molecular formula is C14H21NO2. The Hall–Kier alpha value is -1.35. The van der Waals surface area contributed by atoms with Crippen molar-refractivity contribution >= 4 is 5.97 Å². The van der Waals surface area contributed by atoms with Crippen LogP contribution in [0.15, 0.2) is 24.3 Å². The monoisotopic (exact) mass is 235 g/mol. The van der Waals surface area contributed by atoms with E-state index in [0.717, 1.165) is 5.56 Å². The van der Waals surface area contributed by atoms with Crippen molar-refractivity contribution in [2.75, 3.05) is 14.1 Å². The van der Waals surface area contributed by atoms with Gasteiger partial charge in [0.2, 0.25) is 0 Å². The summed E-state index contributed by atoms with van der Waals surface area (Å²) in [6, 6.07) is 7.91. The van der Waals surface area contributed by atoms with E-state index in [4.69, 9.17) is 0 Å². The molecular weight excluding hydrogens is 214 g/mol. The van der Waals surface area contributed by atoms with E-state index in [-0.39, 0.29) is 6.04 Å². The number of carboxylic acid groups (broad SMARTS) is 1. The van der Waals surface area contributed by atoms with Crippen LogP contribution in [0.3, 0.4) is 0 Å². The molecule has 0 aliphatic carbocycles. The minimum Gasteiger partial charge on any atom is -0.481 e. The van der Waals surface area contributed by atoms with E-state index in [2.05, 4.69) is 0 Å². The zero-order chi connectivity index (χ0) is 13.2. The molecule has 0 amide bonds. The van der Waals surface area contributed by atoms with Crippen LogP contribution in [-0.4, -0.2) is 30.1 Å². The largest absolute Gasteiger partial charge is 0.481 e. The number of rotatable bonds is 4. The van der Waals surface area contributed by atoms with E-state index in [1.165, 1.54) is 5.56 Å². The third-order valence-corrected chi connectivity index (χ3v) is 3.14. The molecule has 0 aliphatic rings. The van der Waals surface area contributed by atoms with E-state index < -0.39 is 11.4 Å². The van der Waals surface area contributed by atoms with Gasteiger partial charge in [-0.2, -0.15) is 0 Å². The maximum atomic E-state index is 11.4. The smallest absolute Gasteiger partial charge is 0.311 e. The number of hydrogen-bond donors (Lipinski definition) is 1. The van der Waals surface area contributed by atoms with Gasteiger partial charge >= 0.3 is 5.97 Å². The number of aliphatic carboxylic acids is 1. The minimum absolute atomic E-state index is 0.138. The van der Waals surface area contributed by atoms with Crippen molar-refractivity contribution in [2.45, 2.75) is 26.8 Å². The molecule has 3 heteroatoms. The first-order valence-corrected chi connectivity index (χ1v) is 5.73. The van der Waals surface area contributed by atoms with Crippen LogP contribution in [0.1, 0.15) is 31.0 Å². The van der Waals surface area contributed by atoms with Crippen molar-refractivity contribution in [2.24, 2.45) is 5.41 Å². The lowest BCUT2D eigenvalue weighted by atomic mass is 9.79. The van der Waals surface area contributed by atoms with Crippen molar-refractivity contribution in [3.05, 3.63) is 35.4 Å². The SMILES string of the molecule is Cc1ccc(C(N(C)C)C(C)(C)C(=O)O)cc1. The highest BCUT2D eigenvalue weighted by Gasteiger charge is 2.39. The van der Waals surface area contributed by atoms with Gasteiger partial charge in [-0.1, -0.05) is 29.8 Å². The highest BCUT2D eigenvalue weighted by molar-refractivity contribution is 5.75. The topological polar surface area (TPSA) is 40.5 Å². The first-order chi connectivity index (χ1) is 7.76. The fourth-order valence-corrected chi connectivity index (χ4v) is 2.23.